The lowest BCUT2D eigenvalue weighted by atomic mass is 9.97. The van der Waals surface area contributed by atoms with Crippen molar-refractivity contribution in [1.29, 1.82) is 0 Å². The highest BCUT2D eigenvalue weighted by Gasteiger charge is 2.32. The number of hydrogen-bond acceptors (Lipinski definition) is 4. The van der Waals surface area contributed by atoms with E-state index in [4.69, 9.17) is 9.72 Å². The summed E-state index contributed by atoms with van der Waals surface area (Å²) >= 11 is 0. The second-order valence-corrected chi connectivity index (χ2v) is 14.8. The van der Waals surface area contributed by atoms with Crippen LogP contribution >= 0.6 is 0 Å². The van der Waals surface area contributed by atoms with E-state index in [1.54, 1.807) is 24.3 Å². The molecule has 60 heavy (non-hydrogen) atoms. The van der Waals surface area contributed by atoms with E-state index in [1.165, 1.54) is 0 Å². The summed E-state index contributed by atoms with van der Waals surface area (Å²) in [5.41, 5.74) is 13.3. The summed E-state index contributed by atoms with van der Waals surface area (Å²) < 4.78 is 5.89. The normalized spacial score (nSPS) is 13.7. The van der Waals surface area contributed by atoms with Crippen LogP contribution in [0.15, 0.2) is 176 Å². The van der Waals surface area contributed by atoms with E-state index in [9.17, 15) is 9.59 Å². The monoisotopic (exact) mass is 774 g/mol. The van der Waals surface area contributed by atoms with E-state index in [0.717, 1.165) is 78.0 Å². The predicted octanol–water partition coefficient (Wildman–Crippen LogP) is 11.6. The standard InChI is InChI=1S/C53H34N4O3/c58-52-36-23-13-14-24-45(36)60-53(59)50(52)51-37-31-44(57-51)49(35-21-11-4-12-22-35)43-30-29-42(56-43)48(34-19-9-3-10-20-34)41-28-27-40(55-41)47(33-17-7-2-8-18-33)39-26-25-38(54-39)46(37)32-15-5-1-6-16-32/h1-31,54,56-57H/b46-37?,46-38?,47-39?,47-40?,48-41?,48-42?,49-43?,49-44?,51-50+. The maximum Gasteiger partial charge on any atom is 0.349 e. The molecule has 11 rings (SSSR count). The van der Waals surface area contributed by atoms with E-state index >= 15 is 0 Å². The highest BCUT2D eigenvalue weighted by Crippen LogP contribution is 2.38. The molecular weight excluding hydrogens is 741 g/mol. The van der Waals surface area contributed by atoms with Gasteiger partial charge in [-0.2, -0.15) is 0 Å². The number of hydrogen-bond donors (Lipinski definition) is 3. The largest absolute Gasteiger partial charge is 0.422 e. The van der Waals surface area contributed by atoms with Crippen LogP contribution < -0.4 is 10.1 Å². The van der Waals surface area contributed by atoms with Crippen molar-refractivity contribution in [2.45, 2.75) is 0 Å². The first-order valence-corrected chi connectivity index (χ1v) is 19.8. The first-order valence-electron chi connectivity index (χ1n) is 19.8. The molecule has 0 saturated heterocycles. The van der Waals surface area contributed by atoms with Gasteiger partial charge in [0.15, 0.2) is 0 Å². The van der Waals surface area contributed by atoms with Crippen molar-refractivity contribution in [1.82, 2.24) is 19.9 Å². The van der Waals surface area contributed by atoms with E-state index in [0.29, 0.717) is 21.8 Å². The number of carbonyl (C=O) groups is 2. The summed E-state index contributed by atoms with van der Waals surface area (Å²) in [7, 11) is 0. The molecular formula is C53H34N4O3. The third-order valence-electron chi connectivity index (χ3n) is 11.2. The van der Waals surface area contributed by atoms with Gasteiger partial charge < -0.3 is 19.7 Å². The number of fused-ring (bicyclic) bond motifs is 9. The number of ether oxygens (including phenoxy) is 1. The Hall–Kier alpha value is -8.29. The maximum atomic E-state index is 14.6. The zero-order chi connectivity index (χ0) is 40.2. The Morgan fingerprint density at radius 2 is 0.850 bits per heavy atom. The number of Topliss-reactive ketones (excluding diaryl/α,β-unsaturated/α-hetero) is 1. The molecule has 7 heteroatoms. The Balaban J connectivity index is 1.40. The second kappa shape index (κ2) is 14.3. The molecule has 0 fully saturated rings. The average molecular weight is 775 g/mol. The van der Waals surface area contributed by atoms with Crippen molar-refractivity contribution < 1.29 is 14.3 Å². The van der Waals surface area contributed by atoms with Crippen LogP contribution in [0, 0.1) is 0 Å². The van der Waals surface area contributed by atoms with E-state index < -0.39 is 11.8 Å². The molecule has 5 aromatic carbocycles. The van der Waals surface area contributed by atoms with Gasteiger partial charge in [0.05, 0.1) is 22.3 Å². The van der Waals surface area contributed by atoms with Gasteiger partial charge in [0.1, 0.15) is 11.3 Å². The topological polar surface area (TPSA) is 104 Å². The third-order valence-corrected chi connectivity index (χ3v) is 11.2. The van der Waals surface area contributed by atoms with Gasteiger partial charge in [0, 0.05) is 55.2 Å². The van der Waals surface area contributed by atoms with Gasteiger partial charge >= 0.3 is 5.97 Å². The minimum atomic E-state index is -0.720. The lowest BCUT2D eigenvalue weighted by Gasteiger charge is -2.16. The fourth-order valence-corrected chi connectivity index (χ4v) is 8.55. The maximum absolute atomic E-state index is 14.6. The number of H-pyrrole nitrogens is 3. The molecule has 6 heterocycles. The van der Waals surface area contributed by atoms with E-state index in [2.05, 4.69) is 93.8 Å². The molecule has 0 atom stereocenters. The lowest BCUT2D eigenvalue weighted by Crippen LogP contribution is -2.30. The quantitative estimate of drug-likeness (QED) is 0.122. The van der Waals surface area contributed by atoms with Crippen LogP contribution in [0.5, 0.6) is 5.75 Å². The molecule has 2 aliphatic heterocycles. The summed E-state index contributed by atoms with van der Waals surface area (Å²) in [6, 6.07) is 57.9. The van der Waals surface area contributed by atoms with E-state index in [-0.39, 0.29) is 11.3 Å². The van der Waals surface area contributed by atoms with Gasteiger partial charge in [0.25, 0.3) is 0 Å². The number of ketones is 1. The summed E-state index contributed by atoms with van der Waals surface area (Å²) in [6.45, 7) is 0. The molecule has 7 nitrogen and oxygen atoms in total. The highest BCUT2D eigenvalue weighted by atomic mass is 16.5. The number of benzene rings is 5. The smallest absolute Gasteiger partial charge is 0.349 e. The Morgan fingerprint density at radius 1 is 0.417 bits per heavy atom. The van der Waals surface area contributed by atoms with Crippen molar-refractivity contribution in [3.8, 4) is 50.3 Å². The molecule has 2 aliphatic rings. The van der Waals surface area contributed by atoms with Crippen LogP contribution in [-0.4, -0.2) is 31.7 Å². The number of nitrogens with zero attached hydrogens (tertiary/aromatic N) is 1. The number of aromatic amines is 3. The highest BCUT2D eigenvalue weighted by molar-refractivity contribution is 6.46. The fraction of sp³-hybridized carbons (Fsp3) is 0. The van der Waals surface area contributed by atoms with Crippen LogP contribution in [0.4, 0.5) is 0 Å². The molecule has 0 radical (unpaired) electrons. The zero-order valence-electron chi connectivity index (χ0n) is 32.1. The van der Waals surface area contributed by atoms with Crippen molar-refractivity contribution in [3.63, 3.8) is 0 Å². The average Bonchev–Trinajstić information content (AvgIpc) is 4.13. The SMILES string of the molecule is O=C1Oc2ccccc2C(=O)/C1=c1\[nH]c2cc1c(-c1ccccc1)c1ccc([nH]1)c(-c1ccccc1)c1nc(c(-c3ccccc3)c3ccc([nH]3)c2-c2ccccc2)C=C1. The van der Waals surface area contributed by atoms with Gasteiger partial charge in [0.2, 0.25) is 5.78 Å². The zero-order valence-corrected chi connectivity index (χ0v) is 32.1. The summed E-state index contributed by atoms with van der Waals surface area (Å²) in [4.78, 5) is 45.3. The number of esters is 1. The van der Waals surface area contributed by atoms with Gasteiger partial charge in [-0.3, -0.25) is 4.79 Å². The minimum Gasteiger partial charge on any atom is -0.422 e. The van der Waals surface area contributed by atoms with Crippen molar-refractivity contribution in [3.05, 3.63) is 198 Å². The predicted molar refractivity (Wildman–Crippen MR) is 241 cm³/mol. The van der Waals surface area contributed by atoms with Crippen LogP contribution in [-0.2, 0) is 4.79 Å². The molecule has 0 spiro atoms. The van der Waals surface area contributed by atoms with E-state index in [1.807, 2.05) is 84.9 Å². The molecule has 0 unspecified atom stereocenters. The Morgan fingerprint density at radius 3 is 1.38 bits per heavy atom. The number of nitrogens with one attached hydrogen (secondary N) is 3. The van der Waals surface area contributed by atoms with Gasteiger partial charge in [-0.25, -0.2) is 9.78 Å². The first kappa shape index (κ1) is 34.9. The molecule has 0 aliphatic carbocycles. The first-order chi connectivity index (χ1) is 29.6. The van der Waals surface area contributed by atoms with Crippen molar-refractivity contribution >= 4 is 62.4 Å². The van der Waals surface area contributed by atoms with Crippen LogP contribution in [0.2, 0.25) is 0 Å². The molecule has 284 valence electrons. The number of rotatable bonds is 4. The summed E-state index contributed by atoms with van der Waals surface area (Å²) in [6.07, 6.45) is 4.17. The molecule has 0 saturated carbocycles. The summed E-state index contributed by atoms with van der Waals surface area (Å²) in [5, 5.41) is 1.02. The van der Waals surface area contributed by atoms with Crippen LogP contribution in [0.1, 0.15) is 21.7 Å². The molecule has 4 aromatic heterocycles. The Bertz CT molecular complexity index is 3420. The number of para-hydroxylation sites is 1. The second-order valence-electron chi connectivity index (χ2n) is 14.8. The van der Waals surface area contributed by atoms with Gasteiger partial charge in [-0.05, 0) is 76.9 Å². The molecule has 8 bridgehead atoms. The van der Waals surface area contributed by atoms with Gasteiger partial charge in [-0.1, -0.05) is 133 Å². The Kier molecular flexibility index (Phi) is 8.30. The molecule has 0 amide bonds. The summed E-state index contributed by atoms with van der Waals surface area (Å²) in [5.74, 6) is -0.891. The van der Waals surface area contributed by atoms with Crippen LogP contribution in [0.3, 0.4) is 0 Å². The Labute approximate surface area is 344 Å². The number of carbonyl (C=O) groups excluding carboxylic acids is 2. The van der Waals surface area contributed by atoms with Crippen molar-refractivity contribution in [2.24, 2.45) is 0 Å². The van der Waals surface area contributed by atoms with Gasteiger partial charge in [-0.15, -0.1) is 0 Å². The molecule has 3 N–H and O–H groups in total. The molecule has 9 aromatic rings. The third kappa shape index (κ3) is 5.87. The lowest BCUT2D eigenvalue weighted by molar-refractivity contribution is -0.128. The van der Waals surface area contributed by atoms with Crippen molar-refractivity contribution in [2.75, 3.05) is 0 Å². The minimum absolute atomic E-state index is 0.0721. The van der Waals surface area contributed by atoms with Crippen LogP contribution in [0.25, 0.3) is 95.2 Å². The number of aromatic nitrogens is 4. The fourth-order valence-electron chi connectivity index (χ4n) is 8.55.